The van der Waals surface area contributed by atoms with E-state index in [2.05, 4.69) is 5.18 Å². The van der Waals surface area contributed by atoms with Crippen molar-refractivity contribution >= 4 is 11.6 Å². The van der Waals surface area contributed by atoms with Crippen molar-refractivity contribution in [2.45, 2.75) is 12.5 Å². The van der Waals surface area contributed by atoms with Gasteiger partial charge in [0.05, 0.1) is 11.3 Å². The first-order chi connectivity index (χ1) is 8.13. The third kappa shape index (κ3) is 2.06. The molecule has 0 bridgehead atoms. The fraction of sp³-hybridized carbons (Fsp3) is 0.364. The van der Waals surface area contributed by atoms with Crippen LogP contribution >= 0.6 is 0 Å². The number of carbonyl (C=O) groups excluding carboxylic acids is 1. The van der Waals surface area contributed by atoms with Gasteiger partial charge in [0.2, 0.25) is 0 Å². The molecule has 1 aromatic carbocycles. The Morgan fingerprint density at radius 2 is 2.29 bits per heavy atom. The maximum atomic E-state index is 12.0. The van der Waals surface area contributed by atoms with Crippen molar-refractivity contribution in [3.8, 4) is 5.75 Å². The standard InChI is InChI=1S/C11H13N3O3/c12-9-3-1-2-8(10(9)15)11(16)14-5-4-7(6-14)13-17/h1-3,7,15H,4-6,12H2/t7-/m1/s1. The molecule has 1 aliphatic rings. The van der Waals surface area contributed by atoms with E-state index in [0.717, 1.165) is 0 Å². The number of para-hydroxylation sites is 1. The van der Waals surface area contributed by atoms with Crippen LogP contribution in [0.3, 0.4) is 0 Å². The van der Waals surface area contributed by atoms with Gasteiger partial charge in [-0.3, -0.25) is 4.79 Å². The highest BCUT2D eigenvalue weighted by Gasteiger charge is 2.29. The van der Waals surface area contributed by atoms with Crippen LogP contribution in [-0.4, -0.2) is 35.0 Å². The lowest BCUT2D eigenvalue weighted by molar-refractivity contribution is 0.0788. The van der Waals surface area contributed by atoms with Gasteiger partial charge in [-0.05, 0) is 18.6 Å². The Kier molecular flexibility index (Phi) is 2.95. The second-order valence-corrected chi connectivity index (χ2v) is 4.04. The molecule has 0 saturated carbocycles. The van der Waals surface area contributed by atoms with Crippen molar-refractivity contribution in [3.05, 3.63) is 28.7 Å². The summed E-state index contributed by atoms with van der Waals surface area (Å²) < 4.78 is 0. The molecule has 6 heteroatoms. The van der Waals surface area contributed by atoms with Gasteiger partial charge in [0.1, 0.15) is 6.04 Å². The molecule has 1 amide bonds. The lowest BCUT2D eigenvalue weighted by Gasteiger charge is -2.16. The molecule has 1 saturated heterocycles. The van der Waals surface area contributed by atoms with Crippen molar-refractivity contribution in [2.75, 3.05) is 18.8 Å². The van der Waals surface area contributed by atoms with Gasteiger partial charge in [-0.1, -0.05) is 11.2 Å². The number of nitrogen functional groups attached to an aromatic ring is 1. The Balaban J connectivity index is 2.20. The number of phenolic OH excluding ortho intramolecular Hbond substituents is 1. The maximum Gasteiger partial charge on any atom is 0.257 e. The van der Waals surface area contributed by atoms with Crippen LogP contribution in [0, 0.1) is 4.91 Å². The van der Waals surface area contributed by atoms with Gasteiger partial charge < -0.3 is 15.7 Å². The summed E-state index contributed by atoms with van der Waals surface area (Å²) in [5.74, 6) is -0.527. The van der Waals surface area contributed by atoms with Gasteiger partial charge in [0, 0.05) is 13.1 Å². The molecule has 0 aliphatic carbocycles. The smallest absolute Gasteiger partial charge is 0.257 e. The van der Waals surface area contributed by atoms with Crippen molar-refractivity contribution < 1.29 is 9.90 Å². The second kappa shape index (κ2) is 4.40. The number of nitroso groups, excluding NO2 is 1. The van der Waals surface area contributed by atoms with Crippen molar-refractivity contribution in [1.29, 1.82) is 0 Å². The number of hydrogen-bond acceptors (Lipinski definition) is 5. The number of nitrogens with two attached hydrogens (primary N) is 1. The number of anilines is 1. The minimum atomic E-state index is -0.345. The SMILES string of the molecule is Nc1cccc(C(=O)N2CC[C@@H](N=O)C2)c1O. The molecule has 0 unspecified atom stereocenters. The summed E-state index contributed by atoms with van der Waals surface area (Å²) in [6.45, 7) is 0.778. The molecular weight excluding hydrogens is 222 g/mol. The number of benzene rings is 1. The van der Waals surface area contributed by atoms with Crippen LogP contribution in [0.2, 0.25) is 0 Å². The highest BCUT2D eigenvalue weighted by Crippen LogP contribution is 2.27. The highest BCUT2D eigenvalue weighted by molar-refractivity contribution is 5.98. The molecule has 2 rings (SSSR count). The number of aromatic hydroxyl groups is 1. The average Bonchev–Trinajstić information content (AvgIpc) is 2.80. The minimum absolute atomic E-state index is 0.163. The Labute approximate surface area is 98.0 Å². The number of likely N-dealkylation sites (tertiary alicyclic amines) is 1. The van der Waals surface area contributed by atoms with E-state index in [1.54, 1.807) is 6.07 Å². The molecule has 0 radical (unpaired) electrons. The van der Waals surface area contributed by atoms with E-state index in [4.69, 9.17) is 5.73 Å². The van der Waals surface area contributed by atoms with Gasteiger partial charge in [-0.15, -0.1) is 0 Å². The zero-order chi connectivity index (χ0) is 12.4. The average molecular weight is 235 g/mol. The molecule has 6 nitrogen and oxygen atoms in total. The summed E-state index contributed by atoms with van der Waals surface area (Å²) in [6, 6.07) is 4.29. The van der Waals surface area contributed by atoms with E-state index < -0.39 is 0 Å². The van der Waals surface area contributed by atoms with Gasteiger partial charge in [-0.2, -0.15) is 4.91 Å². The first-order valence-corrected chi connectivity index (χ1v) is 5.32. The molecule has 1 aromatic rings. The predicted octanol–water partition coefficient (Wildman–Crippen LogP) is 0.955. The Hall–Kier alpha value is -2.11. The summed E-state index contributed by atoms with van der Waals surface area (Å²) in [7, 11) is 0. The van der Waals surface area contributed by atoms with Crippen LogP contribution < -0.4 is 5.73 Å². The monoisotopic (exact) mass is 235 g/mol. The molecule has 1 atom stereocenters. The first kappa shape index (κ1) is 11.4. The van der Waals surface area contributed by atoms with Gasteiger partial charge in [0.15, 0.2) is 5.75 Å². The van der Waals surface area contributed by atoms with Crippen LogP contribution in [0.1, 0.15) is 16.8 Å². The topological polar surface area (TPSA) is 96.0 Å². The molecular formula is C11H13N3O3. The van der Waals surface area contributed by atoms with Crippen LogP contribution in [-0.2, 0) is 0 Å². The number of hydrogen-bond donors (Lipinski definition) is 2. The Bertz CT molecular complexity index is 461. The minimum Gasteiger partial charge on any atom is -0.505 e. The van der Waals surface area contributed by atoms with E-state index in [-0.39, 0.29) is 28.9 Å². The van der Waals surface area contributed by atoms with Crippen LogP contribution in [0.25, 0.3) is 0 Å². The van der Waals surface area contributed by atoms with Gasteiger partial charge in [-0.25, -0.2) is 0 Å². The first-order valence-electron chi connectivity index (χ1n) is 5.32. The largest absolute Gasteiger partial charge is 0.505 e. The van der Waals surface area contributed by atoms with E-state index in [1.807, 2.05) is 0 Å². The summed E-state index contributed by atoms with van der Waals surface area (Å²) >= 11 is 0. The quantitative estimate of drug-likeness (QED) is 0.453. The number of carbonyl (C=O) groups is 1. The maximum absolute atomic E-state index is 12.0. The zero-order valence-corrected chi connectivity index (χ0v) is 9.17. The third-order valence-corrected chi connectivity index (χ3v) is 2.90. The normalized spacial score (nSPS) is 19.3. The molecule has 1 aliphatic heterocycles. The number of rotatable bonds is 2. The van der Waals surface area contributed by atoms with E-state index >= 15 is 0 Å². The summed E-state index contributed by atoms with van der Waals surface area (Å²) in [4.78, 5) is 23.9. The van der Waals surface area contributed by atoms with E-state index in [0.29, 0.717) is 19.5 Å². The van der Waals surface area contributed by atoms with E-state index in [1.165, 1.54) is 17.0 Å². The lowest BCUT2D eigenvalue weighted by Crippen LogP contribution is -2.29. The molecule has 17 heavy (non-hydrogen) atoms. The molecule has 1 heterocycles. The molecule has 90 valence electrons. The molecule has 3 N–H and O–H groups in total. The number of phenols is 1. The Morgan fingerprint density at radius 3 is 2.94 bits per heavy atom. The zero-order valence-electron chi connectivity index (χ0n) is 9.17. The summed E-state index contributed by atoms with van der Waals surface area (Å²) in [5.41, 5.74) is 5.85. The fourth-order valence-electron chi connectivity index (χ4n) is 1.92. The predicted molar refractivity (Wildman–Crippen MR) is 62.6 cm³/mol. The van der Waals surface area contributed by atoms with E-state index in [9.17, 15) is 14.8 Å². The van der Waals surface area contributed by atoms with Crippen LogP contribution in [0.4, 0.5) is 5.69 Å². The molecule has 0 aromatic heterocycles. The number of amides is 1. The summed E-state index contributed by atoms with van der Waals surface area (Å²) in [6.07, 6.45) is 0.568. The summed E-state index contributed by atoms with van der Waals surface area (Å²) in [5, 5.41) is 12.6. The van der Waals surface area contributed by atoms with Gasteiger partial charge in [0.25, 0.3) is 5.91 Å². The number of nitrogens with zero attached hydrogens (tertiary/aromatic N) is 2. The fourth-order valence-corrected chi connectivity index (χ4v) is 1.92. The van der Waals surface area contributed by atoms with Crippen LogP contribution in [0.15, 0.2) is 23.4 Å². The van der Waals surface area contributed by atoms with Crippen molar-refractivity contribution in [2.24, 2.45) is 5.18 Å². The van der Waals surface area contributed by atoms with Crippen molar-refractivity contribution in [1.82, 2.24) is 4.90 Å². The second-order valence-electron chi connectivity index (χ2n) is 4.04. The third-order valence-electron chi connectivity index (χ3n) is 2.90. The molecule has 1 fully saturated rings. The van der Waals surface area contributed by atoms with Crippen molar-refractivity contribution in [3.63, 3.8) is 0 Å². The van der Waals surface area contributed by atoms with Crippen LogP contribution in [0.5, 0.6) is 5.75 Å². The molecule has 0 spiro atoms. The lowest BCUT2D eigenvalue weighted by atomic mass is 10.1. The Morgan fingerprint density at radius 1 is 1.53 bits per heavy atom. The van der Waals surface area contributed by atoms with Gasteiger partial charge >= 0.3 is 0 Å². The highest BCUT2D eigenvalue weighted by atomic mass is 16.3.